The smallest absolute Gasteiger partial charge is 0.160 e. The number of hydrogen-bond acceptors (Lipinski definition) is 7. The van der Waals surface area contributed by atoms with Crippen molar-refractivity contribution in [3.63, 3.8) is 0 Å². The lowest BCUT2D eigenvalue weighted by Crippen LogP contribution is -2.32. The topological polar surface area (TPSA) is 78.4 Å². The zero-order chi connectivity index (χ0) is 23.2. The molecule has 0 saturated carbocycles. The van der Waals surface area contributed by atoms with Crippen LogP contribution in [0.4, 0.5) is 0 Å². The summed E-state index contributed by atoms with van der Waals surface area (Å²) in [7, 11) is 3.24. The average Bonchev–Trinajstić information content (AvgIpc) is 2.80. The van der Waals surface area contributed by atoms with Crippen molar-refractivity contribution < 1.29 is 28.8 Å². The molecule has 0 aliphatic rings. The number of aliphatic hydroxyl groups is 1. The number of aliphatic hydroxyl groups excluding tert-OH is 1. The Morgan fingerprint density at radius 3 is 2.56 bits per heavy atom. The molecule has 2 rings (SSSR count). The van der Waals surface area contributed by atoms with Crippen LogP contribution >= 0.6 is 0 Å². The van der Waals surface area contributed by atoms with E-state index in [0.717, 1.165) is 24.1 Å². The quantitative estimate of drug-likeness (QED) is 0.303. The lowest BCUT2D eigenvalue weighted by molar-refractivity contribution is 0.0641. The molecule has 0 fully saturated rings. The minimum Gasteiger partial charge on any atom is -0.496 e. The van der Waals surface area contributed by atoms with Crippen LogP contribution in [-0.4, -0.2) is 58.3 Å². The van der Waals surface area contributed by atoms with Gasteiger partial charge in [-0.1, -0.05) is 30.8 Å². The average molecular weight is 446 g/mol. The highest BCUT2D eigenvalue weighted by Crippen LogP contribution is 2.27. The summed E-state index contributed by atoms with van der Waals surface area (Å²) in [4.78, 5) is 0. The van der Waals surface area contributed by atoms with Crippen LogP contribution in [0.3, 0.4) is 0 Å². The van der Waals surface area contributed by atoms with Gasteiger partial charge in [0.05, 0.1) is 33.2 Å². The van der Waals surface area contributed by atoms with E-state index in [9.17, 15) is 5.11 Å². The molecule has 176 valence electrons. The summed E-state index contributed by atoms with van der Waals surface area (Å²) < 4.78 is 27.3. The predicted octanol–water partition coefficient (Wildman–Crippen LogP) is 3.34. The third-order valence-electron chi connectivity index (χ3n) is 4.66. The Balaban J connectivity index is 1.68. The van der Waals surface area contributed by atoms with Crippen LogP contribution in [0.2, 0.25) is 0 Å². The number of hydrogen-bond donors (Lipinski definition) is 2. The molecule has 0 spiro atoms. The van der Waals surface area contributed by atoms with Crippen molar-refractivity contribution in [1.29, 1.82) is 0 Å². The monoisotopic (exact) mass is 445 g/mol. The predicted molar refractivity (Wildman–Crippen MR) is 124 cm³/mol. The van der Waals surface area contributed by atoms with Crippen molar-refractivity contribution in [3.05, 3.63) is 65.9 Å². The first kappa shape index (κ1) is 25.5. The van der Waals surface area contributed by atoms with Crippen molar-refractivity contribution in [2.75, 3.05) is 47.1 Å². The van der Waals surface area contributed by atoms with Gasteiger partial charge in [0.1, 0.15) is 25.1 Å². The molecule has 7 heteroatoms. The molecule has 0 aliphatic carbocycles. The highest BCUT2D eigenvalue weighted by molar-refractivity contribution is 5.43. The van der Waals surface area contributed by atoms with Crippen LogP contribution in [-0.2, 0) is 22.5 Å². The third kappa shape index (κ3) is 9.18. The summed E-state index contributed by atoms with van der Waals surface area (Å²) in [5.74, 6) is 2.80. The van der Waals surface area contributed by atoms with E-state index in [1.807, 2.05) is 42.5 Å². The van der Waals surface area contributed by atoms with Gasteiger partial charge in [-0.2, -0.15) is 0 Å². The SMILES string of the molecule is C=C(C)OCCOCc1ccccc1OCC(O)CNCCc1ccc(OC)c(OC)c1. The van der Waals surface area contributed by atoms with Gasteiger partial charge in [-0.05, 0) is 43.7 Å². The Hall–Kier alpha value is -2.74. The van der Waals surface area contributed by atoms with Gasteiger partial charge in [-0.25, -0.2) is 0 Å². The molecule has 0 aliphatic heterocycles. The van der Waals surface area contributed by atoms with E-state index in [4.69, 9.17) is 23.7 Å². The fourth-order valence-electron chi connectivity index (χ4n) is 3.00. The van der Waals surface area contributed by atoms with E-state index in [1.165, 1.54) is 0 Å². The first-order chi connectivity index (χ1) is 15.5. The largest absolute Gasteiger partial charge is 0.496 e. The molecule has 0 radical (unpaired) electrons. The van der Waals surface area contributed by atoms with Gasteiger partial charge in [-0.15, -0.1) is 0 Å². The van der Waals surface area contributed by atoms with Gasteiger partial charge in [0.2, 0.25) is 0 Å². The van der Waals surface area contributed by atoms with E-state index in [-0.39, 0.29) is 6.61 Å². The summed E-state index contributed by atoms with van der Waals surface area (Å²) in [5, 5.41) is 13.5. The fourth-order valence-corrected chi connectivity index (χ4v) is 3.00. The van der Waals surface area contributed by atoms with E-state index in [1.54, 1.807) is 21.1 Å². The van der Waals surface area contributed by atoms with Gasteiger partial charge in [-0.3, -0.25) is 0 Å². The number of rotatable bonds is 16. The number of benzene rings is 2. The second-order valence-corrected chi connectivity index (χ2v) is 7.32. The summed E-state index contributed by atoms with van der Waals surface area (Å²) in [6.45, 7) is 8.19. The maximum absolute atomic E-state index is 10.3. The van der Waals surface area contributed by atoms with E-state index in [2.05, 4.69) is 11.9 Å². The van der Waals surface area contributed by atoms with Crippen LogP contribution in [0, 0.1) is 0 Å². The highest BCUT2D eigenvalue weighted by Gasteiger charge is 2.09. The molecule has 2 aromatic rings. The Kier molecular flexibility index (Phi) is 11.4. The van der Waals surface area contributed by atoms with E-state index in [0.29, 0.717) is 49.4 Å². The van der Waals surface area contributed by atoms with Crippen LogP contribution in [0.15, 0.2) is 54.8 Å². The molecule has 1 unspecified atom stereocenters. The summed E-state index contributed by atoms with van der Waals surface area (Å²) in [6.07, 6.45) is 0.182. The molecule has 0 saturated heterocycles. The molecule has 2 N–H and O–H groups in total. The number of allylic oxidation sites excluding steroid dienone is 1. The molecule has 32 heavy (non-hydrogen) atoms. The van der Waals surface area contributed by atoms with Crippen molar-refractivity contribution in [1.82, 2.24) is 5.32 Å². The molecule has 2 aromatic carbocycles. The lowest BCUT2D eigenvalue weighted by atomic mass is 10.1. The molecule has 0 amide bonds. The van der Waals surface area contributed by atoms with Gasteiger partial charge < -0.3 is 34.1 Å². The molecular formula is C25H35NO6. The zero-order valence-electron chi connectivity index (χ0n) is 19.3. The second-order valence-electron chi connectivity index (χ2n) is 7.32. The van der Waals surface area contributed by atoms with Gasteiger partial charge in [0.25, 0.3) is 0 Å². The number of ether oxygens (including phenoxy) is 5. The number of nitrogens with one attached hydrogen (secondary N) is 1. The highest BCUT2D eigenvalue weighted by atomic mass is 16.5. The van der Waals surface area contributed by atoms with Crippen molar-refractivity contribution in [3.8, 4) is 17.2 Å². The molecular weight excluding hydrogens is 410 g/mol. The van der Waals surface area contributed by atoms with Crippen molar-refractivity contribution in [2.24, 2.45) is 0 Å². The molecule has 1 atom stereocenters. The first-order valence-electron chi connectivity index (χ1n) is 10.7. The fraction of sp³-hybridized carbons (Fsp3) is 0.440. The summed E-state index contributed by atoms with van der Waals surface area (Å²) >= 11 is 0. The van der Waals surface area contributed by atoms with Gasteiger partial charge >= 0.3 is 0 Å². The Morgan fingerprint density at radius 2 is 1.81 bits per heavy atom. The number of methoxy groups -OCH3 is 2. The molecule has 0 aromatic heterocycles. The van der Waals surface area contributed by atoms with Crippen LogP contribution in [0.1, 0.15) is 18.1 Å². The minimum absolute atomic E-state index is 0.194. The Morgan fingerprint density at radius 1 is 1.03 bits per heavy atom. The van der Waals surface area contributed by atoms with Gasteiger partial charge in [0, 0.05) is 12.1 Å². The van der Waals surface area contributed by atoms with Crippen molar-refractivity contribution in [2.45, 2.75) is 26.1 Å². The Labute approximate surface area is 190 Å². The molecule has 7 nitrogen and oxygen atoms in total. The zero-order valence-corrected chi connectivity index (χ0v) is 19.3. The minimum atomic E-state index is -0.627. The third-order valence-corrected chi connectivity index (χ3v) is 4.66. The standard InChI is InChI=1S/C25H35NO6/c1-19(2)31-14-13-30-17-21-7-5-6-8-23(21)32-18-22(27)16-26-12-11-20-9-10-24(28-3)25(15-20)29-4/h5-10,15,22,26-27H,1,11-14,16-18H2,2-4H3. The van der Waals surface area contributed by atoms with Crippen LogP contribution in [0.5, 0.6) is 17.2 Å². The van der Waals surface area contributed by atoms with Gasteiger partial charge in [0.15, 0.2) is 11.5 Å². The van der Waals surface area contributed by atoms with Crippen molar-refractivity contribution >= 4 is 0 Å². The molecule has 0 heterocycles. The Bertz CT molecular complexity index is 826. The maximum atomic E-state index is 10.3. The summed E-state index contributed by atoms with van der Waals surface area (Å²) in [5.41, 5.74) is 2.06. The first-order valence-corrected chi connectivity index (χ1v) is 10.7. The lowest BCUT2D eigenvalue weighted by Gasteiger charge is -2.16. The summed E-state index contributed by atoms with van der Waals surface area (Å²) in [6, 6.07) is 13.5. The van der Waals surface area contributed by atoms with Crippen LogP contribution in [0.25, 0.3) is 0 Å². The van der Waals surface area contributed by atoms with Crippen LogP contribution < -0.4 is 19.5 Å². The van der Waals surface area contributed by atoms with E-state index >= 15 is 0 Å². The second kappa shape index (κ2) is 14.3. The molecule has 0 bridgehead atoms. The van der Waals surface area contributed by atoms with E-state index < -0.39 is 6.10 Å². The number of para-hydroxylation sites is 1. The normalized spacial score (nSPS) is 11.6. The maximum Gasteiger partial charge on any atom is 0.160 e.